The molecule has 6 heteroatoms. The van der Waals surface area contributed by atoms with Gasteiger partial charge in [-0.15, -0.1) is 0 Å². The van der Waals surface area contributed by atoms with Gasteiger partial charge in [-0.2, -0.15) is 0 Å². The van der Waals surface area contributed by atoms with E-state index in [-0.39, 0.29) is 54.2 Å². The minimum Gasteiger partial charge on any atom is -0.462 e. The summed E-state index contributed by atoms with van der Waals surface area (Å²) in [6, 6.07) is 0. The van der Waals surface area contributed by atoms with E-state index in [0.29, 0.717) is 12.8 Å². The molecule has 0 aromatic carbocycles. The minimum absolute atomic E-state index is 0.0472. The van der Waals surface area contributed by atoms with Gasteiger partial charge < -0.3 is 9.47 Å². The highest BCUT2D eigenvalue weighted by Crippen LogP contribution is 2.45. The van der Waals surface area contributed by atoms with E-state index in [4.69, 9.17) is 9.47 Å². The average Bonchev–Trinajstić information content (AvgIpc) is 2.97. The van der Waals surface area contributed by atoms with Crippen molar-refractivity contribution in [2.24, 2.45) is 11.3 Å². The smallest absolute Gasteiger partial charge is 0.302 e. The van der Waals surface area contributed by atoms with Crippen LogP contribution in [0.15, 0.2) is 11.6 Å². The first kappa shape index (κ1) is 23.3. The fourth-order valence-electron chi connectivity index (χ4n) is 4.67. The van der Waals surface area contributed by atoms with Crippen LogP contribution in [0.2, 0.25) is 0 Å². The topological polar surface area (TPSA) is 86.7 Å². The molecule has 0 aromatic heterocycles. The van der Waals surface area contributed by atoms with Gasteiger partial charge in [0.15, 0.2) is 0 Å². The van der Waals surface area contributed by atoms with E-state index in [2.05, 4.69) is 6.92 Å². The van der Waals surface area contributed by atoms with Gasteiger partial charge in [-0.3, -0.25) is 19.2 Å². The van der Waals surface area contributed by atoms with Crippen LogP contribution in [0, 0.1) is 11.3 Å². The first-order valence-corrected chi connectivity index (χ1v) is 10.7. The summed E-state index contributed by atoms with van der Waals surface area (Å²) in [7, 11) is 0. The molecule has 1 fully saturated rings. The third-order valence-corrected chi connectivity index (χ3v) is 6.38. The second-order valence-corrected chi connectivity index (χ2v) is 8.86. The van der Waals surface area contributed by atoms with Crippen molar-refractivity contribution in [2.75, 3.05) is 0 Å². The van der Waals surface area contributed by atoms with Crippen molar-refractivity contribution < 1.29 is 28.7 Å². The number of rotatable bonds is 5. The molecule has 4 atom stereocenters. The van der Waals surface area contributed by atoms with Crippen LogP contribution < -0.4 is 0 Å². The summed E-state index contributed by atoms with van der Waals surface area (Å²) in [5.41, 5.74) is 0.838. The van der Waals surface area contributed by atoms with Crippen molar-refractivity contribution in [3.8, 4) is 0 Å². The number of esters is 2. The Bertz CT molecular complexity index is 679. The van der Waals surface area contributed by atoms with Crippen LogP contribution >= 0.6 is 0 Å². The van der Waals surface area contributed by atoms with Crippen LogP contribution in [0.5, 0.6) is 0 Å². The minimum atomic E-state index is -0.468. The number of carbonyl (C=O) groups is 4. The van der Waals surface area contributed by atoms with E-state index in [1.807, 2.05) is 13.0 Å². The SMILES string of the molecule is CC(=O)OC1C/C=C(/C)[C@@H](CC[C@@]2(C)CCC[C@@H]2OC(C)=O)C(=O)CCC(=O)C1. The molecule has 0 amide bonds. The Kier molecular flexibility index (Phi) is 8.17. The van der Waals surface area contributed by atoms with Gasteiger partial charge in [-0.05, 0) is 39.0 Å². The second kappa shape index (κ2) is 10.2. The fourth-order valence-corrected chi connectivity index (χ4v) is 4.67. The lowest BCUT2D eigenvalue weighted by Crippen LogP contribution is -2.32. The summed E-state index contributed by atoms with van der Waals surface area (Å²) in [6.45, 7) is 6.86. The summed E-state index contributed by atoms with van der Waals surface area (Å²) in [5.74, 6) is -0.875. The Morgan fingerprint density at radius 3 is 2.48 bits per heavy atom. The summed E-state index contributed by atoms with van der Waals surface area (Å²) < 4.78 is 10.8. The van der Waals surface area contributed by atoms with E-state index >= 15 is 0 Å². The van der Waals surface area contributed by atoms with Gasteiger partial charge in [-0.1, -0.05) is 18.6 Å². The van der Waals surface area contributed by atoms with Crippen molar-refractivity contribution in [3.63, 3.8) is 0 Å². The lowest BCUT2D eigenvalue weighted by Gasteiger charge is -2.32. The van der Waals surface area contributed by atoms with Crippen molar-refractivity contribution in [3.05, 3.63) is 11.6 Å². The highest BCUT2D eigenvalue weighted by atomic mass is 16.5. The molecule has 0 N–H and O–H groups in total. The van der Waals surface area contributed by atoms with Crippen LogP contribution in [0.4, 0.5) is 0 Å². The van der Waals surface area contributed by atoms with Crippen LogP contribution in [-0.2, 0) is 28.7 Å². The number of allylic oxidation sites excluding steroid dienone is 1. The van der Waals surface area contributed by atoms with Crippen molar-refractivity contribution in [1.82, 2.24) is 0 Å². The van der Waals surface area contributed by atoms with Gasteiger partial charge in [0.1, 0.15) is 23.8 Å². The highest BCUT2D eigenvalue weighted by Gasteiger charge is 2.41. The molecule has 6 nitrogen and oxygen atoms in total. The predicted octanol–water partition coefficient (Wildman–Crippen LogP) is 4.09. The number of ketones is 2. The molecule has 0 bridgehead atoms. The molecule has 0 aromatic rings. The van der Waals surface area contributed by atoms with Crippen molar-refractivity contribution >= 4 is 23.5 Å². The van der Waals surface area contributed by atoms with Crippen LogP contribution in [0.3, 0.4) is 0 Å². The first-order valence-electron chi connectivity index (χ1n) is 10.7. The molecule has 0 aliphatic heterocycles. The maximum absolute atomic E-state index is 12.9. The van der Waals surface area contributed by atoms with Gasteiger partial charge >= 0.3 is 11.9 Å². The molecule has 1 saturated carbocycles. The summed E-state index contributed by atoms with van der Waals surface area (Å²) in [6.07, 6.45) is 6.67. The lowest BCUT2D eigenvalue weighted by molar-refractivity contribution is -0.152. The largest absolute Gasteiger partial charge is 0.462 e. The summed E-state index contributed by atoms with van der Waals surface area (Å²) in [4.78, 5) is 47.8. The average molecular weight is 407 g/mol. The number of ether oxygens (including phenoxy) is 2. The maximum atomic E-state index is 12.9. The Morgan fingerprint density at radius 1 is 1.14 bits per heavy atom. The third-order valence-electron chi connectivity index (χ3n) is 6.38. The van der Waals surface area contributed by atoms with Crippen molar-refractivity contribution in [2.45, 2.75) is 97.7 Å². The van der Waals surface area contributed by atoms with E-state index in [0.717, 1.165) is 31.3 Å². The van der Waals surface area contributed by atoms with Gasteiger partial charge in [0, 0.05) is 50.9 Å². The Labute approximate surface area is 173 Å². The number of carbonyl (C=O) groups excluding carboxylic acids is 4. The van der Waals surface area contributed by atoms with E-state index in [1.54, 1.807) is 0 Å². The van der Waals surface area contributed by atoms with Gasteiger partial charge in [0.2, 0.25) is 0 Å². The Balaban J connectivity index is 2.12. The standard InChI is InChI=1S/C23H34O6/c1-15-7-9-19(28-16(2)24)14-18(26)8-10-21(27)20(15)11-13-23(4)12-5-6-22(23)29-17(3)25/h7,19-20,22H,5-6,8-14H2,1-4H3/b15-7-/t19?,20-,22+,23-/m1/s1. The molecule has 1 unspecified atom stereocenters. The molecule has 0 radical (unpaired) electrons. The molecule has 162 valence electrons. The van der Waals surface area contributed by atoms with E-state index in [9.17, 15) is 19.2 Å². The van der Waals surface area contributed by atoms with Crippen LogP contribution in [0.1, 0.15) is 85.5 Å². The quantitative estimate of drug-likeness (QED) is 0.505. The monoisotopic (exact) mass is 406 g/mol. The van der Waals surface area contributed by atoms with Gasteiger partial charge in [-0.25, -0.2) is 0 Å². The molecular weight excluding hydrogens is 372 g/mol. The molecule has 0 saturated heterocycles. The van der Waals surface area contributed by atoms with Crippen LogP contribution in [-0.4, -0.2) is 35.7 Å². The Hall–Kier alpha value is -1.98. The van der Waals surface area contributed by atoms with E-state index in [1.165, 1.54) is 13.8 Å². The molecule has 2 aliphatic rings. The molecular formula is C23H34O6. The normalized spacial score (nSPS) is 33.0. The maximum Gasteiger partial charge on any atom is 0.302 e. The Morgan fingerprint density at radius 2 is 1.83 bits per heavy atom. The highest BCUT2D eigenvalue weighted by molar-refractivity contribution is 5.89. The lowest BCUT2D eigenvalue weighted by atomic mass is 9.76. The zero-order chi connectivity index (χ0) is 21.6. The summed E-state index contributed by atoms with van der Waals surface area (Å²) >= 11 is 0. The van der Waals surface area contributed by atoms with E-state index < -0.39 is 12.1 Å². The molecule has 0 spiro atoms. The molecule has 2 rings (SSSR count). The number of hydrogen-bond donors (Lipinski definition) is 0. The fraction of sp³-hybridized carbons (Fsp3) is 0.739. The zero-order valence-corrected chi connectivity index (χ0v) is 18.1. The zero-order valence-electron chi connectivity index (χ0n) is 18.1. The second-order valence-electron chi connectivity index (χ2n) is 8.86. The van der Waals surface area contributed by atoms with Gasteiger partial charge in [0.25, 0.3) is 0 Å². The molecule has 2 aliphatic carbocycles. The molecule has 29 heavy (non-hydrogen) atoms. The number of hydrogen-bond acceptors (Lipinski definition) is 6. The molecule has 0 heterocycles. The third kappa shape index (κ3) is 6.79. The van der Waals surface area contributed by atoms with Crippen molar-refractivity contribution in [1.29, 1.82) is 0 Å². The number of Topliss-reactive ketones (excluding diaryl/α,β-unsaturated/α-hetero) is 2. The van der Waals surface area contributed by atoms with Crippen LogP contribution in [0.25, 0.3) is 0 Å². The first-order chi connectivity index (χ1) is 13.6. The predicted molar refractivity (Wildman–Crippen MR) is 108 cm³/mol. The van der Waals surface area contributed by atoms with Gasteiger partial charge in [0.05, 0.1) is 0 Å². The summed E-state index contributed by atoms with van der Waals surface area (Å²) in [5, 5.41) is 0.